The Hall–Kier alpha value is -2.65. The van der Waals surface area contributed by atoms with Crippen molar-refractivity contribution in [2.45, 2.75) is 19.4 Å². The van der Waals surface area contributed by atoms with Gasteiger partial charge in [0.2, 0.25) is 5.91 Å². The van der Waals surface area contributed by atoms with E-state index >= 15 is 0 Å². The molecule has 0 saturated carbocycles. The predicted molar refractivity (Wildman–Crippen MR) is 99.0 cm³/mol. The summed E-state index contributed by atoms with van der Waals surface area (Å²) in [5, 5.41) is 9.19. The lowest BCUT2D eigenvalue weighted by atomic mass is 10.2. The van der Waals surface area contributed by atoms with Crippen molar-refractivity contribution < 1.29 is 27.9 Å². The van der Waals surface area contributed by atoms with Crippen LogP contribution in [0.25, 0.3) is 10.2 Å². The number of para-hydroxylation sites is 1. The number of nitrogens with zero attached hydrogens (tertiary/aromatic N) is 2. The Bertz CT molecular complexity index is 1070. The minimum absolute atomic E-state index is 0.141. The Morgan fingerprint density at radius 1 is 1.14 bits per heavy atom. The molecule has 0 aliphatic carbocycles. The number of halogens is 4. The zero-order valence-electron chi connectivity index (χ0n) is 14.1. The van der Waals surface area contributed by atoms with Gasteiger partial charge in [-0.15, -0.1) is 11.3 Å². The van der Waals surface area contributed by atoms with E-state index in [0.29, 0.717) is 11.8 Å². The maximum absolute atomic E-state index is 13.9. The topological polar surface area (TPSA) is 70.5 Å². The van der Waals surface area contributed by atoms with Gasteiger partial charge in [0.25, 0.3) is 0 Å². The van der Waals surface area contributed by atoms with Gasteiger partial charge >= 0.3 is 5.97 Å². The minimum Gasteiger partial charge on any atom is -0.481 e. The van der Waals surface area contributed by atoms with Crippen LogP contribution in [0.1, 0.15) is 17.8 Å². The summed E-state index contributed by atoms with van der Waals surface area (Å²) in [5.41, 5.74) is -0.166. The summed E-state index contributed by atoms with van der Waals surface area (Å²) in [5.74, 6) is -5.30. The first-order valence-electron chi connectivity index (χ1n) is 7.97. The van der Waals surface area contributed by atoms with Gasteiger partial charge in [-0.1, -0.05) is 23.7 Å². The van der Waals surface area contributed by atoms with Crippen molar-refractivity contribution in [1.82, 2.24) is 4.98 Å². The molecule has 0 atom stereocenters. The molecular formula is C18H12ClF3N2O3S. The first-order chi connectivity index (χ1) is 13.3. The number of anilines is 1. The van der Waals surface area contributed by atoms with Crippen LogP contribution in [0.3, 0.4) is 0 Å². The summed E-state index contributed by atoms with van der Waals surface area (Å²) in [7, 11) is 0. The summed E-state index contributed by atoms with van der Waals surface area (Å²) in [6.45, 7) is -0.206. The van der Waals surface area contributed by atoms with Crippen LogP contribution in [0, 0.1) is 17.5 Å². The van der Waals surface area contributed by atoms with Crippen molar-refractivity contribution in [2.24, 2.45) is 0 Å². The lowest BCUT2D eigenvalue weighted by Crippen LogP contribution is -2.30. The fourth-order valence-corrected chi connectivity index (χ4v) is 3.75. The first kappa shape index (κ1) is 20.1. The molecule has 0 saturated heterocycles. The predicted octanol–water partition coefficient (Wildman–Crippen LogP) is 4.77. The molecule has 0 radical (unpaired) electrons. The number of carbonyl (C=O) groups excluding carboxylic acids is 1. The average Bonchev–Trinajstić information content (AvgIpc) is 3.08. The summed E-state index contributed by atoms with van der Waals surface area (Å²) >= 11 is 6.92. The molecule has 3 aromatic rings. The second-order valence-electron chi connectivity index (χ2n) is 5.76. The van der Waals surface area contributed by atoms with Gasteiger partial charge in [0.1, 0.15) is 16.3 Å². The van der Waals surface area contributed by atoms with Gasteiger partial charge in [-0.3, -0.25) is 9.59 Å². The molecule has 1 aromatic heterocycles. The Balaban J connectivity index is 2.00. The normalized spacial score (nSPS) is 11.0. The van der Waals surface area contributed by atoms with Gasteiger partial charge in [-0.05, 0) is 12.1 Å². The number of fused-ring (bicyclic) bond motifs is 1. The molecule has 10 heteroatoms. The Morgan fingerprint density at radius 2 is 1.86 bits per heavy atom. The van der Waals surface area contributed by atoms with Gasteiger partial charge in [0.05, 0.1) is 28.4 Å². The van der Waals surface area contributed by atoms with Crippen molar-refractivity contribution in [3.8, 4) is 0 Å². The van der Waals surface area contributed by atoms with Crippen molar-refractivity contribution in [3.63, 3.8) is 0 Å². The van der Waals surface area contributed by atoms with E-state index in [1.165, 1.54) is 4.90 Å². The maximum atomic E-state index is 13.9. The largest absolute Gasteiger partial charge is 0.481 e. The molecule has 5 nitrogen and oxygen atoms in total. The van der Waals surface area contributed by atoms with Gasteiger partial charge in [0.15, 0.2) is 11.6 Å². The van der Waals surface area contributed by atoms with Crippen LogP contribution >= 0.6 is 22.9 Å². The second kappa shape index (κ2) is 8.15. The first-order valence-corrected chi connectivity index (χ1v) is 9.17. The van der Waals surface area contributed by atoms with Crippen LogP contribution < -0.4 is 4.90 Å². The van der Waals surface area contributed by atoms with Crippen LogP contribution in [-0.2, 0) is 16.1 Å². The molecule has 1 heterocycles. The molecule has 28 heavy (non-hydrogen) atoms. The van der Waals surface area contributed by atoms with Crippen LogP contribution in [0.15, 0.2) is 30.3 Å². The average molecular weight is 429 g/mol. The number of aliphatic carboxylic acids is 1. The van der Waals surface area contributed by atoms with Gasteiger partial charge in [-0.25, -0.2) is 18.2 Å². The molecule has 0 aliphatic heterocycles. The quantitative estimate of drug-likeness (QED) is 0.574. The summed E-state index contributed by atoms with van der Waals surface area (Å²) < 4.78 is 41.1. The fraction of sp³-hybridized carbons (Fsp3) is 0.167. The van der Waals surface area contributed by atoms with Gasteiger partial charge < -0.3 is 10.0 Å². The molecular weight excluding hydrogens is 417 g/mol. The monoisotopic (exact) mass is 428 g/mol. The van der Waals surface area contributed by atoms with Gasteiger partial charge in [-0.2, -0.15) is 0 Å². The number of amides is 1. The number of carboxylic acids is 1. The standard InChI is InChI=1S/C18H12ClF3N2O3S/c19-9-3-1-2-4-12(9)24(14(25)5-6-15(26)27)8-13-23-17-16(22)10(20)7-11(21)18(17)28-13/h1-4,7H,5-6,8H2,(H,26,27). The van der Waals surface area contributed by atoms with Crippen molar-refractivity contribution in [2.75, 3.05) is 4.90 Å². The van der Waals surface area contributed by atoms with E-state index in [4.69, 9.17) is 16.7 Å². The van der Waals surface area contributed by atoms with Crippen LogP contribution in [0.4, 0.5) is 18.9 Å². The Morgan fingerprint density at radius 3 is 2.54 bits per heavy atom. The highest BCUT2D eigenvalue weighted by Gasteiger charge is 2.23. The Kier molecular flexibility index (Phi) is 5.85. The van der Waals surface area contributed by atoms with E-state index in [2.05, 4.69) is 4.98 Å². The highest BCUT2D eigenvalue weighted by atomic mass is 35.5. The molecule has 0 bridgehead atoms. The molecule has 0 fully saturated rings. The SMILES string of the molecule is O=C(O)CCC(=O)N(Cc1nc2c(F)c(F)cc(F)c2s1)c1ccccc1Cl. The zero-order valence-corrected chi connectivity index (χ0v) is 15.7. The number of carboxylic acid groups (broad SMARTS) is 1. The summed E-state index contributed by atoms with van der Waals surface area (Å²) in [4.78, 5) is 28.5. The molecule has 1 N–H and O–H groups in total. The molecule has 3 rings (SSSR count). The van der Waals surface area contributed by atoms with Crippen LogP contribution in [-0.4, -0.2) is 22.0 Å². The maximum Gasteiger partial charge on any atom is 0.303 e. The second-order valence-corrected chi connectivity index (χ2v) is 7.26. The smallest absolute Gasteiger partial charge is 0.303 e. The minimum atomic E-state index is -1.36. The third kappa shape index (κ3) is 4.10. The summed E-state index contributed by atoms with van der Waals surface area (Å²) in [6, 6.07) is 6.81. The zero-order chi connectivity index (χ0) is 20.4. The lowest BCUT2D eigenvalue weighted by molar-refractivity contribution is -0.138. The molecule has 2 aromatic carbocycles. The number of carbonyl (C=O) groups is 2. The van der Waals surface area contributed by atoms with E-state index in [1.54, 1.807) is 24.3 Å². The number of hydrogen-bond acceptors (Lipinski definition) is 4. The number of hydrogen-bond donors (Lipinski definition) is 1. The van der Waals surface area contributed by atoms with Crippen molar-refractivity contribution in [1.29, 1.82) is 0 Å². The molecule has 1 amide bonds. The molecule has 0 unspecified atom stereocenters. The molecule has 146 valence electrons. The van der Waals surface area contributed by atoms with E-state index in [9.17, 15) is 22.8 Å². The van der Waals surface area contributed by atoms with Gasteiger partial charge in [0, 0.05) is 12.5 Å². The summed E-state index contributed by atoms with van der Waals surface area (Å²) in [6.07, 6.45) is -0.698. The number of rotatable bonds is 6. The number of thiazole rings is 1. The number of aromatic nitrogens is 1. The van der Waals surface area contributed by atoms with Crippen molar-refractivity contribution >= 4 is 50.7 Å². The van der Waals surface area contributed by atoms with Crippen LogP contribution in [0.2, 0.25) is 5.02 Å². The van der Waals surface area contributed by atoms with Crippen molar-refractivity contribution in [3.05, 3.63) is 57.8 Å². The number of benzene rings is 2. The molecule has 0 aliphatic rings. The van der Waals surface area contributed by atoms with E-state index in [0.717, 1.165) is 11.3 Å². The molecule has 0 spiro atoms. The lowest BCUT2D eigenvalue weighted by Gasteiger charge is -2.22. The van der Waals surface area contributed by atoms with E-state index < -0.39 is 41.3 Å². The third-order valence-electron chi connectivity index (χ3n) is 3.85. The van der Waals surface area contributed by atoms with E-state index in [-0.39, 0.29) is 27.7 Å². The highest BCUT2D eigenvalue weighted by molar-refractivity contribution is 7.18. The van der Waals surface area contributed by atoms with Crippen LogP contribution in [0.5, 0.6) is 0 Å². The van der Waals surface area contributed by atoms with E-state index in [1.807, 2.05) is 0 Å². The fourth-order valence-electron chi connectivity index (χ4n) is 2.56. The highest BCUT2D eigenvalue weighted by Crippen LogP contribution is 2.32. The Labute approximate surface area is 166 Å². The third-order valence-corrected chi connectivity index (χ3v) is 5.22.